The third-order valence-corrected chi connectivity index (χ3v) is 4.39. The number of halogens is 1. The lowest BCUT2D eigenvalue weighted by Crippen LogP contribution is -2.24. The van der Waals surface area contributed by atoms with E-state index in [0.29, 0.717) is 24.9 Å². The van der Waals surface area contributed by atoms with Gasteiger partial charge in [0.15, 0.2) is 5.78 Å². The van der Waals surface area contributed by atoms with Crippen LogP contribution in [0.3, 0.4) is 0 Å². The lowest BCUT2D eigenvalue weighted by Gasteiger charge is -2.05. The summed E-state index contributed by atoms with van der Waals surface area (Å²) in [5, 5.41) is 2.88. The van der Waals surface area contributed by atoms with Crippen LogP contribution in [-0.2, 0) is 11.2 Å². The molecular formula is C21H22FN3O2. The number of ketones is 1. The van der Waals surface area contributed by atoms with Gasteiger partial charge in [-0.25, -0.2) is 9.37 Å². The number of imidazole rings is 1. The minimum atomic E-state index is -0.366. The molecule has 1 N–H and O–H groups in total. The number of carbonyl (C=O) groups is 2. The van der Waals surface area contributed by atoms with E-state index in [2.05, 4.69) is 10.3 Å². The fraction of sp³-hybridized carbons (Fsp3) is 0.286. The second-order valence-corrected chi connectivity index (χ2v) is 6.41. The van der Waals surface area contributed by atoms with Crippen molar-refractivity contribution in [2.45, 2.75) is 32.1 Å². The molecule has 0 aliphatic heterocycles. The van der Waals surface area contributed by atoms with E-state index in [0.717, 1.165) is 24.2 Å². The molecule has 3 aromatic rings. The molecule has 1 aromatic carbocycles. The van der Waals surface area contributed by atoms with Crippen molar-refractivity contribution in [1.82, 2.24) is 14.7 Å². The maximum Gasteiger partial charge on any atom is 0.220 e. The maximum absolute atomic E-state index is 12.9. The molecule has 0 radical (unpaired) electrons. The summed E-state index contributed by atoms with van der Waals surface area (Å²) in [6.45, 7) is 0.576. The first-order chi connectivity index (χ1) is 13.1. The molecule has 1 amide bonds. The van der Waals surface area contributed by atoms with Crippen molar-refractivity contribution < 1.29 is 14.0 Å². The van der Waals surface area contributed by atoms with Crippen LogP contribution in [0.1, 0.15) is 41.9 Å². The number of hydrogen-bond donors (Lipinski definition) is 1. The molecule has 0 atom stereocenters. The van der Waals surface area contributed by atoms with Crippen LogP contribution in [0.4, 0.5) is 4.39 Å². The van der Waals surface area contributed by atoms with E-state index in [9.17, 15) is 14.0 Å². The Labute approximate surface area is 157 Å². The molecule has 0 bridgehead atoms. The quantitative estimate of drug-likeness (QED) is 0.464. The Kier molecular flexibility index (Phi) is 6.30. The molecule has 2 heterocycles. The van der Waals surface area contributed by atoms with E-state index in [1.807, 2.05) is 35.0 Å². The SMILES string of the molecule is O=C(CCCC(=O)c1ccc(F)cc1)NCCCc1ncc2ccccn12. The topological polar surface area (TPSA) is 63.5 Å². The normalized spacial score (nSPS) is 10.9. The molecule has 2 aromatic heterocycles. The highest BCUT2D eigenvalue weighted by Gasteiger charge is 2.08. The van der Waals surface area contributed by atoms with Crippen LogP contribution in [0, 0.1) is 5.82 Å². The molecular weight excluding hydrogens is 345 g/mol. The molecule has 0 aliphatic rings. The zero-order valence-electron chi connectivity index (χ0n) is 15.0. The van der Waals surface area contributed by atoms with Gasteiger partial charge in [-0.1, -0.05) is 6.07 Å². The van der Waals surface area contributed by atoms with Crippen molar-refractivity contribution >= 4 is 17.2 Å². The van der Waals surface area contributed by atoms with E-state index in [1.54, 1.807) is 0 Å². The molecule has 0 spiro atoms. The van der Waals surface area contributed by atoms with Gasteiger partial charge in [-0.15, -0.1) is 0 Å². The highest BCUT2D eigenvalue weighted by molar-refractivity contribution is 5.96. The van der Waals surface area contributed by atoms with E-state index in [4.69, 9.17) is 0 Å². The predicted octanol–water partition coefficient (Wildman–Crippen LogP) is 3.58. The van der Waals surface area contributed by atoms with Crippen molar-refractivity contribution in [3.63, 3.8) is 0 Å². The van der Waals surface area contributed by atoms with Crippen LogP contribution in [0.15, 0.2) is 54.9 Å². The first-order valence-corrected chi connectivity index (χ1v) is 9.10. The molecule has 5 nitrogen and oxygen atoms in total. The summed E-state index contributed by atoms with van der Waals surface area (Å²) in [5.41, 5.74) is 1.53. The summed E-state index contributed by atoms with van der Waals surface area (Å²) < 4.78 is 14.9. The fourth-order valence-electron chi connectivity index (χ4n) is 2.94. The molecule has 6 heteroatoms. The van der Waals surface area contributed by atoms with Gasteiger partial charge < -0.3 is 9.72 Å². The Morgan fingerprint density at radius 1 is 1.04 bits per heavy atom. The Morgan fingerprint density at radius 3 is 2.67 bits per heavy atom. The summed E-state index contributed by atoms with van der Waals surface area (Å²) in [4.78, 5) is 28.3. The molecule has 0 saturated heterocycles. The minimum absolute atomic E-state index is 0.0603. The summed E-state index contributed by atoms with van der Waals surface area (Å²) in [6, 6.07) is 11.4. The van der Waals surface area contributed by atoms with Crippen molar-refractivity contribution in [2.75, 3.05) is 6.54 Å². The van der Waals surface area contributed by atoms with Crippen molar-refractivity contribution in [1.29, 1.82) is 0 Å². The van der Waals surface area contributed by atoms with Crippen molar-refractivity contribution in [3.05, 3.63) is 72.1 Å². The number of aromatic nitrogens is 2. The van der Waals surface area contributed by atoms with E-state index >= 15 is 0 Å². The Hall–Kier alpha value is -3.02. The van der Waals surface area contributed by atoms with E-state index in [1.165, 1.54) is 24.3 Å². The molecule has 140 valence electrons. The highest BCUT2D eigenvalue weighted by atomic mass is 19.1. The first-order valence-electron chi connectivity index (χ1n) is 9.10. The van der Waals surface area contributed by atoms with Gasteiger partial charge in [0, 0.05) is 37.6 Å². The van der Waals surface area contributed by atoms with Crippen molar-refractivity contribution in [3.8, 4) is 0 Å². The number of aryl methyl sites for hydroxylation is 1. The molecule has 0 saturated carbocycles. The van der Waals surface area contributed by atoms with Crippen LogP contribution in [0.25, 0.3) is 5.52 Å². The van der Waals surface area contributed by atoms with Crippen LogP contribution in [0.2, 0.25) is 0 Å². The predicted molar refractivity (Wildman–Crippen MR) is 101 cm³/mol. The Bertz CT molecular complexity index is 919. The van der Waals surface area contributed by atoms with Gasteiger partial charge in [0.05, 0.1) is 11.7 Å². The lowest BCUT2D eigenvalue weighted by molar-refractivity contribution is -0.121. The van der Waals surface area contributed by atoms with Gasteiger partial charge in [0.2, 0.25) is 5.91 Å². The second kappa shape index (κ2) is 9.07. The van der Waals surface area contributed by atoms with Crippen molar-refractivity contribution in [2.24, 2.45) is 0 Å². The van der Waals surface area contributed by atoms with E-state index < -0.39 is 0 Å². The van der Waals surface area contributed by atoms with E-state index in [-0.39, 0.29) is 23.9 Å². The number of Topliss-reactive ketones (excluding diaryl/α,β-unsaturated/α-hetero) is 1. The number of nitrogens with zero attached hydrogens (tertiary/aromatic N) is 2. The Balaban J connectivity index is 1.33. The number of pyridine rings is 1. The highest BCUT2D eigenvalue weighted by Crippen LogP contribution is 2.09. The summed E-state index contributed by atoms with van der Waals surface area (Å²) >= 11 is 0. The fourth-order valence-corrected chi connectivity index (χ4v) is 2.94. The minimum Gasteiger partial charge on any atom is -0.356 e. The zero-order chi connectivity index (χ0) is 19.1. The monoisotopic (exact) mass is 367 g/mol. The number of nitrogens with one attached hydrogen (secondary N) is 1. The summed E-state index contributed by atoms with van der Waals surface area (Å²) in [7, 11) is 0. The number of carbonyl (C=O) groups excluding carboxylic acids is 2. The first kappa shape index (κ1) is 18.8. The second-order valence-electron chi connectivity index (χ2n) is 6.41. The third kappa shape index (κ3) is 5.23. The molecule has 0 aliphatic carbocycles. The standard InChI is InChI=1S/C21H22FN3O2/c22-17-11-9-16(10-12-17)19(26)6-3-8-21(27)23-13-4-7-20-24-15-18-5-1-2-14-25(18)20/h1-2,5,9-12,14-15H,3-4,6-8,13H2,(H,23,27). The molecule has 27 heavy (non-hydrogen) atoms. The summed E-state index contributed by atoms with van der Waals surface area (Å²) in [5.74, 6) is 0.475. The number of benzene rings is 1. The van der Waals surface area contributed by atoms with Gasteiger partial charge in [-0.05, 0) is 49.2 Å². The smallest absolute Gasteiger partial charge is 0.220 e. The van der Waals surface area contributed by atoms with Crippen LogP contribution in [0.5, 0.6) is 0 Å². The molecule has 0 fully saturated rings. The zero-order valence-corrected chi connectivity index (χ0v) is 15.0. The van der Waals surface area contributed by atoms with Crippen LogP contribution >= 0.6 is 0 Å². The molecule has 3 rings (SSSR count). The largest absolute Gasteiger partial charge is 0.356 e. The Morgan fingerprint density at radius 2 is 1.85 bits per heavy atom. The maximum atomic E-state index is 12.9. The third-order valence-electron chi connectivity index (χ3n) is 4.39. The number of fused-ring (bicyclic) bond motifs is 1. The van der Waals surface area contributed by atoms with Gasteiger partial charge in [-0.2, -0.15) is 0 Å². The number of rotatable bonds is 9. The van der Waals surface area contributed by atoms with Gasteiger partial charge in [0.25, 0.3) is 0 Å². The average Bonchev–Trinajstić information content (AvgIpc) is 3.09. The van der Waals surface area contributed by atoms with Crippen LogP contribution in [-0.4, -0.2) is 27.6 Å². The molecule has 0 unspecified atom stereocenters. The number of hydrogen-bond acceptors (Lipinski definition) is 3. The number of amides is 1. The average molecular weight is 367 g/mol. The van der Waals surface area contributed by atoms with Gasteiger partial charge >= 0.3 is 0 Å². The summed E-state index contributed by atoms with van der Waals surface area (Å²) in [6.07, 6.45) is 6.46. The van der Waals surface area contributed by atoms with Gasteiger partial charge in [0.1, 0.15) is 11.6 Å². The van der Waals surface area contributed by atoms with Gasteiger partial charge in [-0.3, -0.25) is 9.59 Å². The lowest BCUT2D eigenvalue weighted by atomic mass is 10.1. The van der Waals surface area contributed by atoms with Crippen LogP contribution < -0.4 is 5.32 Å².